The molecule has 0 spiro atoms. The molecule has 1 heterocycles. The molecular weight excluding hydrogens is 190 g/mol. The minimum Gasteiger partial charge on any atom is -0.515 e. The van der Waals surface area contributed by atoms with Gasteiger partial charge in [0, 0.05) is 18.2 Å². The second-order valence-corrected chi connectivity index (χ2v) is 3.72. The summed E-state index contributed by atoms with van der Waals surface area (Å²) in [6.45, 7) is 1.97. The van der Waals surface area contributed by atoms with E-state index >= 15 is 0 Å². The Balaban J connectivity index is 2.35. The summed E-state index contributed by atoms with van der Waals surface area (Å²) in [5.41, 5.74) is 1.36. The predicted molar refractivity (Wildman–Crippen MR) is 58.7 cm³/mol. The summed E-state index contributed by atoms with van der Waals surface area (Å²) in [6.07, 6.45) is 1.52. The van der Waals surface area contributed by atoms with Crippen molar-refractivity contribution in [2.24, 2.45) is 0 Å². The molecule has 0 saturated carbocycles. The molecule has 78 valence electrons. The van der Waals surface area contributed by atoms with E-state index in [1.54, 1.807) is 4.90 Å². The lowest BCUT2D eigenvalue weighted by Crippen LogP contribution is -2.30. The van der Waals surface area contributed by atoms with E-state index in [9.17, 15) is 4.79 Å². The Labute approximate surface area is 88.6 Å². The van der Waals surface area contributed by atoms with Gasteiger partial charge in [-0.15, -0.1) is 0 Å². The minimum atomic E-state index is -0.101. The van der Waals surface area contributed by atoms with E-state index in [1.165, 1.54) is 0 Å². The maximum Gasteiger partial charge on any atom is 0.257 e. The molecule has 0 aliphatic carbocycles. The van der Waals surface area contributed by atoms with Gasteiger partial charge >= 0.3 is 0 Å². The fraction of sp³-hybridized carbons (Fsp3) is 0.250. The lowest BCUT2D eigenvalue weighted by molar-refractivity contribution is -0.114. The molecule has 1 unspecified atom stereocenters. The first-order valence-corrected chi connectivity index (χ1v) is 4.96. The maximum atomic E-state index is 11.8. The molecule has 1 aliphatic rings. The molecule has 3 heteroatoms. The molecule has 3 nitrogen and oxygen atoms in total. The number of nitrogens with zero attached hydrogens (tertiary/aromatic N) is 1. The number of carbonyl (C=O) groups is 1. The van der Waals surface area contributed by atoms with Crippen molar-refractivity contribution in [3.63, 3.8) is 0 Å². The number of hydrogen-bond acceptors (Lipinski definition) is 2. The van der Waals surface area contributed by atoms with Crippen LogP contribution in [0.25, 0.3) is 0 Å². The molecule has 1 saturated heterocycles. The average molecular weight is 203 g/mol. The van der Waals surface area contributed by atoms with Gasteiger partial charge in [-0.1, -0.05) is 18.2 Å². The fourth-order valence-corrected chi connectivity index (χ4v) is 1.92. The van der Waals surface area contributed by atoms with E-state index < -0.39 is 0 Å². The number of aliphatic hydroxyl groups excluding tert-OH is 1. The van der Waals surface area contributed by atoms with Gasteiger partial charge in [0.25, 0.3) is 5.91 Å². The first-order chi connectivity index (χ1) is 7.24. The highest BCUT2D eigenvalue weighted by Gasteiger charge is 2.33. The van der Waals surface area contributed by atoms with Crippen molar-refractivity contribution in [2.75, 3.05) is 4.90 Å². The first kappa shape index (κ1) is 9.77. The van der Waals surface area contributed by atoms with Gasteiger partial charge in [-0.25, -0.2) is 0 Å². The summed E-state index contributed by atoms with van der Waals surface area (Å²) in [7, 11) is 0. The van der Waals surface area contributed by atoms with Gasteiger partial charge in [0.15, 0.2) is 0 Å². The fourth-order valence-electron chi connectivity index (χ4n) is 1.92. The molecule has 2 rings (SSSR count). The number of amides is 1. The minimum absolute atomic E-state index is 0.101. The Hall–Kier alpha value is -1.77. The first-order valence-electron chi connectivity index (χ1n) is 4.96. The van der Waals surface area contributed by atoms with Gasteiger partial charge in [-0.05, 0) is 19.1 Å². The van der Waals surface area contributed by atoms with Crippen LogP contribution in [0, 0.1) is 0 Å². The van der Waals surface area contributed by atoms with Crippen molar-refractivity contribution < 1.29 is 9.90 Å². The molecule has 0 radical (unpaired) electrons. The van der Waals surface area contributed by atoms with Crippen LogP contribution in [0.15, 0.2) is 42.2 Å². The lowest BCUT2D eigenvalue weighted by Gasteiger charge is -2.20. The molecule has 1 fully saturated rings. The van der Waals surface area contributed by atoms with Crippen LogP contribution in [-0.2, 0) is 4.79 Å². The van der Waals surface area contributed by atoms with Crippen molar-refractivity contribution in [1.82, 2.24) is 0 Å². The second kappa shape index (κ2) is 3.77. The van der Waals surface area contributed by atoms with Crippen LogP contribution >= 0.6 is 0 Å². The third-order valence-corrected chi connectivity index (χ3v) is 2.64. The Morgan fingerprint density at radius 3 is 2.60 bits per heavy atom. The Morgan fingerprint density at radius 1 is 1.40 bits per heavy atom. The topological polar surface area (TPSA) is 40.5 Å². The molecular formula is C12H13NO2. The monoisotopic (exact) mass is 203 g/mol. The van der Waals surface area contributed by atoms with Crippen LogP contribution < -0.4 is 4.90 Å². The number of rotatable bonds is 1. The van der Waals surface area contributed by atoms with Gasteiger partial charge in [-0.2, -0.15) is 0 Å². The van der Waals surface area contributed by atoms with Crippen molar-refractivity contribution in [2.45, 2.75) is 19.4 Å². The van der Waals surface area contributed by atoms with Gasteiger partial charge in [0.05, 0.1) is 11.8 Å². The largest absolute Gasteiger partial charge is 0.515 e. The average Bonchev–Trinajstić information content (AvgIpc) is 2.55. The van der Waals surface area contributed by atoms with Gasteiger partial charge < -0.3 is 10.0 Å². The van der Waals surface area contributed by atoms with Crippen LogP contribution in [-0.4, -0.2) is 17.1 Å². The zero-order valence-corrected chi connectivity index (χ0v) is 8.55. The van der Waals surface area contributed by atoms with Crippen molar-refractivity contribution in [3.8, 4) is 0 Å². The Morgan fingerprint density at radius 2 is 2.07 bits per heavy atom. The van der Waals surface area contributed by atoms with E-state index in [0.29, 0.717) is 12.0 Å². The van der Waals surface area contributed by atoms with Crippen LogP contribution in [0.4, 0.5) is 5.69 Å². The van der Waals surface area contributed by atoms with Crippen LogP contribution in [0.5, 0.6) is 0 Å². The van der Waals surface area contributed by atoms with E-state index in [-0.39, 0.29) is 11.9 Å². The molecule has 0 aromatic heterocycles. The van der Waals surface area contributed by atoms with Crippen molar-refractivity contribution in [1.29, 1.82) is 0 Å². The molecule has 1 aliphatic heterocycles. The highest BCUT2D eigenvalue weighted by molar-refractivity contribution is 6.08. The molecule has 1 amide bonds. The Kier molecular flexibility index (Phi) is 2.46. The number of para-hydroxylation sites is 1. The molecule has 1 atom stereocenters. The van der Waals surface area contributed by atoms with E-state index in [0.717, 1.165) is 11.9 Å². The SMILES string of the molecule is CC1C/C(=C\O)C(=O)N1c1ccccc1. The third kappa shape index (κ3) is 1.61. The molecule has 1 N–H and O–H groups in total. The number of hydrogen-bond donors (Lipinski definition) is 1. The molecule has 1 aromatic rings. The van der Waals surface area contributed by atoms with Crippen LogP contribution in [0.3, 0.4) is 0 Å². The highest BCUT2D eigenvalue weighted by Crippen LogP contribution is 2.29. The summed E-state index contributed by atoms with van der Waals surface area (Å²) >= 11 is 0. The predicted octanol–water partition coefficient (Wildman–Crippen LogP) is 2.25. The highest BCUT2D eigenvalue weighted by atomic mass is 16.2. The molecule has 1 aromatic carbocycles. The van der Waals surface area contributed by atoms with Crippen molar-refractivity contribution in [3.05, 3.63) is 42.2 Å². The smallest absolute Gasteiger partial charge is 0.257 e. The number of carbonyl (C=O) groups excluding carboxylic acids is 1. The standard InChI is InChI=1S/C12H13NO2/c1-9-7-10(8-14)12(15)13(9)11-5-3-2-4-6-11/h2-6,8-9,14H,7H2,1H3/b10-8+. The van der Waals surface area contributed by atoms with Gasteiger partial charge in [0.1, 0.15) is 0 Å². The van der Waals surface area contributed by atoms with E-state index in [2.05, 4.69) is 0 Å². The zero-order chi connectivity index (χ0) is 10.8. The summed E-state index contributed by atoms with van der Waals surface area (Å²) in [4.78, 5) is 13.6. The van der Waals surface area contributed by atoms with Gasteiger partial charge in [-0.3, -0.25) is 4.79 Å². The quantitative estimate of drug-likeness (QED) is 0.561. The molecule has 15 heavy (non-hydrogen) atoms. The van der Waals surface area contributed by atoms with E-state index in [1.807, 2.05) is 37.3 Å². The zero-order valence-electron chi connectivity index (χ0n) is 8.55. The summed E-state index contributed by atoms with van der Waals surface area (Å²) < 4.78 is 0. The number of benzene rings is 1. The van der Waals surface area contributed by atoms with Crippen molar-refractivity contribution >= 4 is 11.6 Å². The lowest BCUT2D eigenvalue weighted by atomic mass is 10.2. The number of anilines is 1. The number of aliphatic hydroxyl groups is 1. The van der Waals surface area contributed by atoms with Crippen LogP contribution in [0.1, 0.15) is 13.3 Å². The van der Waals surface area contributed by atoms with E-state index in [4.69, 9.17) is 5.11 Å². The third-order valence-electron chi connectivity index (χ3n) is 2.64. The summed E-state index contributed by atoms with van der Waals surface area (Å²) in [5.74, 6) is -0.101. The normalized spacial score (nSPS) is 23.8. The molecule has 0 bridgehead atoms. The Bertz CT molecular complexity index is 397. The maximum absolute atomic E-state index is 11.8. The summed E-state index contributed by atoms with van der Waals surface area (Å²) in [6, 6.07) is 9.62. The second-order valence-electron chi connectivity index (χ2n) is 3.72. The van der Waals surface area contributed by atoms with Crippen LogP contribution in [0.2, 0.25) is 0 Å². The van der Waals surface area contributed by atoms with Gasteiger partial charge in [0.2, 0.25) is 0 Å². The summed E-state index contributed by atoms with van der Waals surface area (Å²) in [5, 5.41) is 8.91.